The molecule has 0 aromatic carbocycles. The number of aryl methyl sites for hydroxylation is 1. The molecule has 2 rings (SSSR count). The zero-order valence-corrected chi connectivity index (χ0v) is 9.16. The van der Waals surface area contributed by atoms with Crippen molar-refractivity contribution in [3.05, 3.63) is 29.6 Å². The molecular weight excluding hydrogens is 188 g/mol. The van der Waals surface area contributed by atoms with Gasteiger partial charge in [0.15, 0.2) is 0 Å². The van der Waals surface area contributed by atoms with Crippen molar-refractivity contribution in [3.8, 4) is 0 Å². The average Bonchev–Trinajstić information content (AvgIpc) is 2.18. The molecule has 0 atom stereocenters. The first-order valence-electron chi connectivity index (χ1n) is 5.53. The third-order valence-corrected chi connectivity index (χ3v) is 3.03. The van der Waals surface area contributed by atoms with E-state index in [1.165, 1.54) is 5.56 Å². The molecule has 1 aliphatic rings. The molecule has 0 radical (unpaired) electrons. The summed E-state index contributed by atoms with van der Waals surface area (Å²) in [6.45, 7) is 3.82. The Bertz CT molecular complexity index is 332. The zero-order valence-electron chi connectivity index (χ0n) is 9.16. The van der Waals surface area contributed by atoms with Gasteiger partial charge in [0.1, 0.15) is 0 Å². The molecule has 0 spiro atoms. The van der Waals surface area contributed by atoms with Gasteiger partial charge in [-0.05, 0) is 50.6 Å². The normalized spacial score (nSPS) is 20.1. The largest absolute Gasteiger partial charge is 0.389 e. The second-order valence-electron chi connectivity index (χ2n) is 4.46. The van der Waals surface area contributed by atoms with E-state index in [0.29, 0.717) is 0 Å². The van der Waals surface area contributed by atoms with Crippen molar-refractivity contribution in [1.82, 2.24) is 10.3 Å². The lowest BCUT2D eigenvalue weighted by atomic mass is 9.86. The Kier molecular flexibility index (Phi) is 3.03. The number of nitrogens with one attached hydrogen (secondary N) is 1. The van der Waals surface area contributed by atoms with Gasteiger partial charge in [0.05, 0.1) is 5.60 Å². The number of aromatic nitrogens is 1. The standard InChI is InChI=1S/C12H18N2O/c1-10-8-11(2-5-14-10)9-12(15)3-6-13-7-4-12/h2,5,8,13,15H,3-4,6-7,9H2,1H3. The molecule has 15 heavy (non-hydrogen) atoms. The van der Waals surface area contributed by atoms with Crippen LogP contribution in [0.15, 0.2) is 18.3 Å². The molecule has 0 aliphatic carbocycles. The quantitative estimate of drug-likeness (QED) is 0.760. The molecule has 0 unspecified atom stereocenters. The van der Waals surface area contributed by atoms with E-state index in [0.717, 1.165) is 38.0 Å². The molecular formula is C12H18N2O. The molecule has 0 saturated carbocycles. The maximum absolute atomic E-state index is 10.4. The van der Waals surface area contributed by atoms with Crippen LogP contribution in [-0.4, -0.2) is 28.8 Å². The van der Waals surface area contributed by atoms with E-state index >= 15 is 0 Å². The van der Waals surface area contributed by atoms with Gasteiger partial charge in [0.2, 0.25) is 0 Å². The first-order valence-corrected chi connectivity index (χ1v) is 5.53. The van der Waals surface area contributed by atoms with Crippen molar-refractivity contribution in [3.63, 3.8) is 0 Å². The molecule has 0 amide bonds. The highest BCUT2D eigenvalue weighted by atomic mass is 16.3. The average molecular weight is 206 g/mol. The minimum atomic E-state index is -0.515. The summed E-state index contributed by atoms with van der Waals surface area (Å²) in [5, 5.41) is 13.6. The highest BCUT2D eigenvalue weighted by molar-refractivity contribution is 5.18. The fourth-order valence-corrected chi connectivity index (χ4v) is 2.16. The summed E-state index contributed by atoms with van der Waals surface area (Å²) in [7, 11) is 0. The molecule has 1 saturated heterocycles. The summed E-state index contributed by atoms with van der Waals surface area (Å²) in [5.41, 5.74) is 1.69. The predicted octanol–water partition coefficient (Wildman–Crippen LogP) is 1.05. The minimum absolute atomic E-state index is 0.515. The number of nitrogens with zero attached hydrogens (tertiary/aromatic N) is 1. The number of rotatable bonds is 2. The molecule has 1 aromatic heterocycles. The van der Waals surface area contributed by atoms with Crippen molar-refractivity contribution in [2.45, 2.75) is 31.8 Å². The van der Waals surface area contributed by atoms with E-state index < -0.39 is 5.60 Å². The monoisotopic (exact) mass is 206 g/mol. The third kappa shape index (κ3) is 2.76. The van der Waals surface area contributed by atoms with Crippen LogP contribution in [0.3, 0.4) is 0 Å². The molecule has 0 bridgehead atoms. The Morgan fingerprint density at radius 3 is 2.87 bits per heavy atom. The van der Waals surface area contributed by atoms with Gasteiger partial charge in [0, 0.05) is 18.3 Å². The second-order valence-corrected chi connectivity index (χ2v) is 4.46. The third-order valence-electron chi connectivity index (χ3n) is 3.03. The molecule has 1 aromatic rings. The van der Waals surface area contributed by atoms with Crippen molar-refractivity contribution in [1.29, 1.82) is 0 Å². The van der Waals surface area contributed by atoms with Crippen molar-refractivity contribution in [2.75, 3.05) is 13.1 Å². The first-order chi connectivity index (χ1) is 7.18. The maximum atomic E-state index is 10.4. The lowest BCUT2D eigenvalue weighted by Gasteiger charge is -2.32. The molecule has 3 nitrogen and oxygen atoms in total. The summed E-state index contributed by atoms with van der Waals surface area (Å²) in [6, 6.07) is 4.05. The fourth-order valence-electron chi connectivity index (χ4n) is 2.16. The van der Waals surface area contributed by atoms with Gasteiger partial charge in [0.25, 0.3) is 0 Å². The molecule has 2 N–H and O–H groups in total. The first kappa shape index (κ1) is 10.6. The maximum Gasteiger partial charge on any atom is 0.0712 e. The Morgan fingerprint density at radius 2 is 2.20 bits per heavy atom. The van der Waals surface area contributed by atoms with E-state index in [1.807, 2.05) is 19.2 Å². The van der Waals surface area contributed by atoms with Gasteiger partial charge in [-0.25, -0.2) is 0 Å². The van der Waals surface area contributed by atoms with Crippen molar-refractivity contribution in [2.24, 2.45) is 0 Å². The lowest BCUT2D eigenvalue weighted by Crippen LogP contribution is -2.43. The van der Waals surface area contributed by atoms with Crippen LogP contribution in [0.1, 0.15) is 24.1 Å². The smallest absolute Gasteiger partial charge is 0.0712 e. The van der Waals surface area contributed by atoms with Crippen LogP contribution in [0.25, 0.3) is 0 Å². The van der Waals surface area contributed by atoms with Gasteiger partial charge in [-0.15, -0.1) is 0 Å². The van der Waals surface area contributed by atoms with Crippen molar-refractivity contribution >= 4 is 0 Å². The van der Waals surface area contributed by atoms with E-state index in [2.05, 4.69) is 16.4 Å². The lowest BCUT2D eigenvalue weighted by molar-refractivity contribution is 0.0108. The number of aliphatic hydroxyl groups is 1. The van der Waals surface area contributed by atoms with Gasteiger partial charge >= 0.3 is 0 Å². The summed E-state index contributed by atoms with van der Waals surface area (Å²) in [6.07, 6.45) is 4.25. The minimum Gasteiger partial charge on any atom is -0.389 e. The zero-order chi connectivity index (χ0) is 10.7. The summed E-state index contributed by atoms with van der Waals surface area (Å²) < 4.78 is 0. The summed E-state index contributed by atoms with van der Waals surface area (Å²) in [4.78, 5) is 4.16. The van der Waals surface area contributed by atoms with Crippen LogP contribution < -0.4 is 5.32 Å². The van der Waals surface area contributed by atoms with Crippen LogP contribution in [0.2, 0.25) is 0 Å². The van der Waals surface area contributed by atoms with Crippen LogP contribution in [0.5, 0.6) is 0 Å². The molecule has 1 aliphatic heterocycles. The Balaban J connectivity index is 2.06. The van der Waals surface area contributed by atoms with Gasteiger partial charge in [-0.1, -0.05) is 0 Å². The topological polar surface area (TPSA) is 45.1 Å². The van der Waals surface area contributed by atoms with E-state index in [-0.39, 0.29) is 0 Å². The van der Waals surface area contributed by atoms with Crippen LogP contribution in [0, 0.1) is 6.92 Å². The molecule has 2 heterocycles. The molecule has 82 valence electrons. The Labute approximate surface area is 90.5 Å². The van der Waals surface area contributed by atoms with Crippen molar-refractivity contribution < 1.29 is 5.11 Å². The highest BCUT2D eigenvalue weighted by Gasteiger charge is 2.29. The molecule has 3 heteroatoms. The van der Waals surface area contributed by atoms with Crippen LogP contribution in [-0.2, 0) is 6.42 Å². The second kappa shape index (κ2) is 4.29. The number of pyridine rings is 1. The van der Waals surface area contributed by atoms with E-state index in [1.54, 1.807) is 0 Å². The number of piperidine rings is 1. The van der Waals surface area contributed by atoms with E-state index in [4.69, 9.17) is 0 Å². The molecule has 1 fully saturated rings. The van der Waals surface area contributed by atoms with E-state index in [9.17, 15) is 5.11 Å². The fraction of sp³-hybridized carbons (Fsp3) is 0.583. The SMILES string of the molecule is Cc1cc(CC2(O)CCNCC2)ccn1. The number of hydrogen-bond donors (Lipinski definition) is 2. The summed E-state index contributed by atoms with van der Waals surface area (Å²) >= 11 is 0. The van der Waals surface area contributed by atoms with Gasteiger partial charge in [-0.3, -0.25) is 4.98 Å². The van der Waals surface area contributed by atoms with Gasteiger partial charge in [-0.2, -0.15) is 0 Å². The summed E-state index contributed by atoms with van der Waals surface area (Å²) in [5.74, 6) is 0. The van der Waals surface area contributed by atoms with Gasteiger partial charge < -0.3 is 10.4 Å². The predicted molar refractivity (Wildman–Crippen MR) is 59.7 cm³/mol. The van der Waals surface area contributed by atoms with Crippen LogP contribution >= 0.6 is 0 Å². The Morgan fingerprint density at radius 1 is 1.47 bits per heavy atom. The number of hydrogen-bond acceptors (Lipinski definition) is 3. The highest BCUT2D eigenvalue weighted by Crippen LogP contribution is 2.23. The van der Waals surface area contributed by atoms with Crippen LogP contribution in [0.4, 0.5) is 0 Å². The Hall–Kier alpha value is -0.930.